The van der Waals surface area contributed by atoms with E-state index in [9.17, 15) is 9.59 Å². The maximum absolute atomic E-state index is 12.7. The molecule has 186 valence electrons. The molecule has 35 heavy (non-hydrogen) atoms. The predicted octanol–water partition coefficient (Wildman–Crippen LogP) is 3.22. The summed E-state index contributed by atoms with van der Waals surface area (Å²) in [6.07, 6.45) is 5.88. The number of rotatable bonds is 6. The van der Waals surface area contributed by atoms with Gasteiger partial charge in [-0.05, 0) is 88.5 Å². The number of ether oxygens (including phenoxy) is 1. The van der Waals surface area contributed by atoms with E-state index < -0.39 is 5.91 Å². The molecule has 2 heterocycles. The second kappa shape index (κ2) is 11.8. The number of amidine groups is 1. The van der Waals surface area contributed by atoms with Crippen LogP contribution in [-0.4, -0.2) is 61.9 Å². The average Bonchev–Trinajstić information content (AvgIpc) is 2.81. The molecule has 0 unspecified atom stereocenters. The highest BCUT2D eigenvalue weighted by Crippen LogP contribution is 2.37. The zero-order valence-electron chi connectivity index (χ0n) is 21.0. The first-order valence-corrected chi connectivity index (χ1v) is 11.9. The number of hydrogen-bond acceptors (Lipinski definition) is 6. The standard InChI is InChI=1S/C23H26N4O3.C4H9N/c1-23(2)9-8-19-17(10-15-4-6-16(14-28)7-5-15)11-18(12-20(19)30-23)22(29)27-21(24)13-26-25-3;1-5-3-2-4-5/h4-7,11-14,25H,8-10H2,1-3H3,(H2,24,27,29);2-4H2,1H3/b26-13-;. The van der Waals surface area contributed by atoms with Crippen LogP contribution in [0.5, 0.6) is 5.75 Å². The van der Waals surface area contributed by atoms with Gasteiger partial charge in [0.1, 0.15) is 23.5 Å². The fourth-order valence-corrected chi connectivity index (χ4v) is 3.88. The number of fused-ring (bicyclic) bond motifs is 1. The normalized spacial score (nSPS) is 16.9. The highest BCUT2D eigenvalue weighted by Gasteiger charge is 2.29. The molecule has 3 N–H and O–H groups in total. The lowest BCUT2D eigenvalue weighted by atomic mass is 9.88. The van der Waals surface area contributed by atoms with Crippen molar-refractivity contribution in [2.24, 2.45) is 15.8 Å². The number of nitrogens with zero attached hydrogens (tertiary/aromatic N) is 3. The molecule has 0 aliphatic carbocycles. The first-order valence-electron chi connectivity index (χ1n) is 11.9. The third kappa shape index (κ3) is 7.48. The Bertz CT molecular complexity index is 1100. The number of carbonyl (C=O) groups is 2. The lowest BCUT2D eigenvalue weighted by molar-refractivity contribution is 0.0837. The Kier molecular flexibility index (Phi) is 8.76. The van der Waals surface area contributed by atoms with Gasteiger partial charge in [0.15, 0.2) is 0 Å². The van der Waals surface area contributed by atoms with Gasteiger partial charge in [-0.1, -0.05) is 24.3 Å². The number of hydrazone groups is 1. The van der Waals surface area contributed by atoms with Crippen molar-refractivity contribution in [3.05, 3.63) is 64.2 Å². The van der Waals surface area contributed by atoms with Crippen LogP contribution in [-0.2, 0) is 12.8 Å². The summed E-state index contributed by atoms with van der Waals surface area (Å²) >= 11 is 0. The minimum Gasteiger partial charge on any atom is -0.488 e. The molecule has 0 aromatic heterocycles. The molecule has 2 aromatic carbocycles. The van der Waals surface area contributed by atoms with Gasteiger partial charge in [0, 0.05) is 18.2 Å². The summed E-state index contributed by atoms with van der Waals surface area (Å²) < 4.78 is 6.18. The van der Waals surface area contributed by atoms with Gasteiger partial charge < -0.3 is 20.8 Å². The maximum atomic E-state index is 12.7. The lowest BCUT2D eigenvalue weighted by Crippen LogP contribution is -2.33. The topological polar surface area (TPSA) is 109 Å². The number of aldehydes is 1. The Morgan fingerprint density at radius 2 is 1.91 bits per heavy atom. The molecular weight excluding hydrogens is 442 g/mol. The molecule has 1 fully saturated rings. The molecule has 0 saturated carbocycles. The minimum atomic E-state index is -0.456. The first kappa shape index (κ1) is 26.1. The number of hydrogen-bond donors (Lipinski definition) is 2. The maximum Gasteiger partial charge on any atom is 0.279 e. The van der Waals surface area contributed by atoms with E-state index in [4.69, 9.17) is 10.5 Å². The largest absolute Gasteiger partial charge is 0.488 e. The van der Waals surface area contributed by atoms with E-state index in [1.165, 1.54) is 25.7 Å². The number of nitrogens with two attached hydrogens (primary N) is 1. The van der Waals surface area contributed by atoms with Crippen molar-refractivity contribution in [1.29, 1.82) is 0 Å². The van der Waals surface area contributed by atoms with Crippen molar-refractivity contribution in [2.75, 3.05) is 27.2 Å². The Hall–Kier alpha value is -3.52. The number of likely N-dealkylation sites (tertiary alicyclic amines) is 1. The molecule has 4 rings (SSSR count). The number of nitrogens with one attached hydrogen (secondary N) is 1. The van der Waals surface area contributed by atoms with Crippen LogP contribution < -0.4 is 15.9 Å². The van der Waals surface area contributed by atoms with Crippen LogP contribution >= 0.6 is 0 Å². The molecule has 2 aliphatic rings. The van der Waals surface area contributed by atoms with Crippen LogP contribution in [0.4, 0.5) is 0 Å². The second-order valence-electron chi connectivity index (χ2n) is 9.49. The van der Waals surface area contributed by atoms with Crippen LogP contribution in [0.25, 0.3) is 0 Å². The summed E-state index contributed by atoms with van der Waals surface area (Å²) in [4.78, 5) is 29.8. The second-order valence-corrected chi connectivity index (χ2v) is 9.49. The summed E-state index contributed by atoms with van der Waals surface area (Å²) in [6, 6.07) is 11.0. The van der Waals surface area contributed by atoms with Gasteiger partial charge in [0.05, 0.1) is 6.21 Å². The number of aliphatic imine (C=N–C) groups is 1. The van der Waals surface area contributed by atoms with Gasteiger partial charge in [-0.2, -0.15) is 10.1 Å². The van der Waals surface area contributed by atoms with Crippen LogP contribution in [0.1, 0.15) is 64.1 Å². The first-order chi connectivity index (χ1) is 16.7. The van der Waals surface area contributed by atoms with Crippen LogP contribution in [0, 0.1) is 0 Å². The Balaban J connectivity index is 0.000000607. The van der Waals surface area contributed by atoms with E-state index in [2.05, 4.69) is 27.5 Å². The van der Waals surface area contributed by atoms with E-state index in [-0.39, 0.29) is 11.4 Å². The fourth-order valence-electron chi connectivity index (χ4n) is 3.88. The summed E-state index contributed by atoms with van der Waals surface area (Å²) in [5.41, 5.74) is 12.2. The molecule has 2 aliphatic heterocycles. The van der Waals surface area contributed by atoms with Crippen molar-refractivity contribution in [2.45, 2.75) is 45.1 Å². The van der Waals surface area contributed by atoms with Crippen LogP contribution in [0.3, 0.4) is 0 Å². The average molecular weight is 478 g/mol. The predicted molar refractivity (Wildman–Crippen MR) is 140 cm³/mol. The van der Waals surface area contributed by atoms with Gasteiger partial charge in [0.2, 0.25) is 0 Å². The van der Waals surface area contributed by atoms with Gasteiger partial charge in [-0.3, -0.25) is 9.59 Å². The molecule has 1 saturated heterocycles. The molecule has 0 atom stereocenters. The molecule has 1 amide bonds. The molecule has 0 bridgehead atoms. The molecule has 8 heteroatoms. The summed E-state index contributed by atoms with van der Waals surface area (Å²) in [5, 5.41) is 3.76. The van der Waals surface area contributed by atoms with E-state index in [0.717, 1.165) is 35.8 Å². The van der Waals surface area contributed by atoms with Gasteiger partial charge >= 0.3 is 0 Å². The quantitative estimate of drug-likeness (QED) is 0.286. The van der Waals surface area contributed by atoms with E-state index >= 15 is 0 Å². The van der Waals surface area contributed by atoms with Crippen molar-refractivity contribution in [1.82, 2.24) is 10.3 Å². The number of carbonyl (C=O) groups excluding carboxylic acids is 2. The summed E-state index contributed by atoms with van der Waals surface area (Å²) in [5.74, 6) is 0.260. The van der Waals surface area contributed by atoms with E-state index in [0.29, 0.717) is 23.3 Å². The van der Waals surface area contributed by atoms with Crippen LogP contribution in [0.15, 0.2) is 46.5 Å². The Labute approximate surface area is 207 Å². The zero-order chi connectivity index (χ0) is 25.4. The van der Waals surface area contributed by atoms with Crippen molar-refractivity contribution < 1.29 is 14.3 Å². The Morgan fingerprint density at radius 1 is 1.23 bits per heavy atom. The van der Waals surface area contributed by atoms with Gasteiger partial charge in [-0.15, -0.1) is 0 Å². The van der Waals surface area contributed by atoms with E-state index in [1.54, 1.807) is 25.2 Å². The Morgan fingerprint density at radius 3 is 2.49 bits per heavy atom. The molecule has 0 spiro atoms. The highest BCUT2D eigenvalue weighted by molar-refractivity contribution is 6.31. The smallest absolute Gasteiger partial charge is 0.279 e. The van der Waals surface area contributed by atoms with E-state index in [1.807, 2.05) is 32.0 Å². The minimum absolute atomic E-state index is 0.0133. The van der Waals surface area contributed by atoms with Crippen LogP contribution in [0.2, 0.25) is 0 Å². The zero-order valence-corrected chi connectivity index (χ0v) is 21.0. The summed E-state index contributed by atoms with van der Waals surface area (Å²) in [6.45, 7) is 6.71. The summed E-state index contributed by atoms with van der Waals surface area (Å²) in [7, 11) is 3.77. The lowest BCUT2D eigenvalue weighted by Gasteiger charge is -2.34. The third-order valence-corrected chi connectivity index (χ3v) is 6.06. The number of benzene rings is 2. The molecular formula is C27H35N5O3. The van der Waals surface area contributed by atoms with Crippen molar-refractivity contribution >= 4 is 24.2 Å². The SMILES string of the molecule is CN/N=C\C(N)=NC(=O)c1cc(Cc2ccc(C=O)cc2)c2c(c1)OC(C)(C)CC2.CN1CCC1. The van der Waals surface area contributed by atoms with Gasteiger partial charge in [0.25, 0.3) is 5.91 Å². The van der Waals surface area contributed by atoms with Crippen molar-refractivity contribution in [3.63, 3.8) is 0 Å². The molecule has 0 radical (unpaired) electrons. The third-order valence-electron chi connectivity index (χ3n) is 6.06. The highest BCUT2D eigenvalue weighted by atomic mass is 16.5. The monoisotopic (exact) mass is 477 g/mol. The van der Waals surface area contributed by atoms with Crippen molar-refractivity contribution in [3.8, 4) is 5.75 Å². The van der Waals surface area contributed by atoms with Gasteiger partial charge in [-0.25, -0.2) is 0 Å². The molecule has 8 nitrogen and oxygen atoms in total. The molecule has 2 aromatic rings. The number of amides is 1. The fraction of sp³-hybridized carbons (Fsp3) is 0.407.